The first-order valence-corrected chi connectivity index (χ1v) is 9.97. The van der Waals surface area contributed by atoms with Gasteiger partial charge in [-0.3, -0.25) is 0 Å². The molecule has 2 heteroatoms. The maximum Gasteiger partial charge on any atom is 0.0283 e. The monoisotopic (exact) mass is 305 g/mol. The van der Waals surface area contributed by atoms with Gasteiger partial charge in [0.15, 0.2) is 0 Å². The van der Waals surface area contributed by atoms with E-state index in [4.69, 9.17) is 5.73 Å². The molecule has 3 aliphatic carbocycles. The molecule has 1 nitrogen and oxygen atoms in total. The molecular weight excluding hydrogens is 274 g/mol. The molecule has 0 aromatic heterocycles. The van der Waals surface area contributed by atoms with Crippen LogP contribution in [0.25, 0.3) is 0 Å². The Morgan fingerprint density at radius 2 is 1.86 bits per heavy atom. The van der Waals surface area contributed by atoms with Crippen molar-refractivity contribution in [2.45, 2.75) is 70.1 Å². The zero-order valence-corrected chi connectivity index (χ0v) is 14.5. The zero-order chi connectivity index (χ0) is 14.8. The highest BCUT2D eigenvalue weighted by Gasteiger charge is 2.34. The summed E-state index contributed by atoms with van der Waals surface area (Å²) in [4.78, 5) is 0. The topological polar surface area (TPSA) is 26.0 Å². The Morgan fingerprint density at radius 3 is 2.57 bits per heavy atom. The summed E-state index contributed by atoms with van der Waals surface area (Å²) in [6, 6.07) is 0.354. The number of allylic oxidation sites excluding steroid dienone is 2. The minimum absolute atomic E-state index is 0.354. The Labute approximate surface area is 134 Å². The summed E-state index contributed by atoms with van der Waals surface area (Å²) in [5, 5.41) is 0.767. The van der Waals surface area contributed by atoms with Gasteiger partial charge in [0.1, 0.15) is 0 Å². The summed E-state index contributed by atoms with van der Waals surface area (Å²) >= 11 is 2.23. The van der Waals surface area contributed by atoms with Crippen LogP contribution in [-0.4, -0.2) is 17.0 Å². The average Bonchev–Trinajstić information content (AvgIpc) is 2.51. The Balaban J connectivity index is 1.64. The molecule has 0 saturated carbocycles. The molecule has 0 aromatic carbocycles. The summed E-state index contributed by atoms with van der Waals surface area (Å²) in [5.74, 6) is 3.59. The molecule has 0 spiro atoms. The van der Waals surface area contributed by atoms with Gasteiger partial charge in [0.2, 0.25) is 0 Å². The van der Waals surface area contributed by atoms with Crippen molar-refractivity contribution in [2.24, 2.45) is 23.5 Å². The van der Waals surface area contributed by atoms with Crippen molar-refractivity contribution in [3.05, 3.63) is 23.3 Å². The number of nitrogens with two attached hydrogens (primary N) is 1. The van der Waals surface area contributed by atoms with Gasteiger partial charge in [0.05, 0.1) is 0 Å². The van der Waals surface area contributed by atoms with Crippen molar-refractivity contribution < 1.29 is 0 Å². The van der Waals surface area contributed by atoms with E-state index in [0.29, 0.717) is 12.0 Å². The molecule has 0 saturated heterocycles. The van der Waals surface area contributed by atoms with Crippen LogP contribution in [0.1, 0.15) is 58.8 Å². The van der Waals surface area contributed by atoms with Gasteiger partial charge in [0, 0.05) is 17.0 Å². The molecule has 0 aliphatic heterocycles. The van der Waals surface area contributed by atoms with Gasteiger partial charge in [-0.05, 0) is 62.7 Å². The second-order valence-corrected chi connectivity index (χ2v) is 8.75. The van der Waals surface area contributed by atoms with Crippen molar-refractivity contribution in [2.75, 3.05) is 5.75 Å². The predicted molar refractivity (Wildman–Crippen MR) is 94.5 cm³/mol. The highest BCUT2D eigenvalue weighted by molar-refractivity contribution is 8.00. The Hall–Kier alpha value is -0.210. The van der Waals surface area contributed by atoms with E-state index < -0.39 is 0 Å². The lowest BCUT2D eigenvalue weighted by Crippen LogP contribution is -2.39. The standard InChI is InChI=1S/C19H31NS/c1-13-7-9-15(10-8-13)12-21-18-11-14(2)19(20)17-6-4-3-5-16(17)18/h7,9,13-15,18-19H,3-6,8,10-12,20H2,1-2H3/t13?,14-,15+,18+,19?/m0/s1. The van der Waals surface area contributed by atoms with Crippen molar-refractivity contribution >= 4 is 11.8 Å². The smallest absolute Gasteiger partial charge is 0.0283 e. The van der Waals surface area contributed by atoms with Gasteiger partial charge in [-0.1, -0.05) is 37.1 Å². The molecule has 21 heavy (non-hydrogen) atoms. The van der Waals surface area contributed by atoms with Crippen molar-refractivity contribution in [1.29, 1.82) is 0 Å². The second kappa shape index (κ2) is 6.91. The summed E-state index contributed by atoms with van der Waals surface area (Å²) in [6.45, 7) is 4.70. The van der Waals surface area contributed by atoms with Crippen LogP contribution in [0.2, 0.25) is 0 Å². The average molecular weight is 306 g/mol. The molecule has 3 rings (SSSR count). The minimum Gasteiger partial charge on any atom is -0.324 e. The molecule has 0 radical (unpaired) electrons. The Kier molecular flexibility index (Phi) is 5.16. The molecule has 0 bridgehead atoms. The summed E-state index contributed by atoms with van der Waals surface area (Å²) in [6.07, 6.45) is 14.3. The lowest BCUT2D eigenvalue weighted by molar-refractivity contribution is 0.408. The van der Waals surface area contributed by atoms with E-state index in [-0.39, 0.29) is 0 Å². The highest BCUT2D eigenvalue weighted by Crippen LogP contribution is 2.43. The van der Waals surface area contributed by atoms with Crippen LogP contribution in [0, 0.1) is 17.8 Å². The normalized spacial score (nSPS) is 40.2. The van der Waals surface area contributed by atoms with E-state index in [2.05, 4.69) is 37.8 Å². The van der Waals surface area contributed by atoms with Gasteiger partial charge >= 0.3 is 0 Å². The zero-order valence-electron chi connectivity index (χ0n) is 13.7. The Bertz CT molecular complexity index is 425. The summed E-state index contributed by atoms with van der Waals surface area (Å²) in [7, 11) is 0. The lowest BCUT2D eigenvalue weighted by Gasteiger charge is -2.39. The van der Waals surface area contributed by atoms with Gasteiger partial charge in [0.25, 0.3) is 0 Å². The Morgan fingerprint density at radius 1 is 1.10 bits per heavy atom. The van der Waals surface area contributed by atoms with Gasteiger partial charge < -0.3 is 5.73 Å². The molecule has 2 unspecified atom stereocenters. The number of rotatable bonds is 3. The van der Waals surface area contributed by atoms with E-state index in [1.165, 1.54) is 50.7 Å². The van der Waals surface area contributed by atoms with E-state index in [1.807, 2.05) is 0 Å². The van der Waals surface area contributed by atoms with Crippen molar-refractivity contribution in [3.63, 3.8) is 0 Å². The molecule has 3 aliphatic rings. The fourth-order valence-corrected chi connectivity index (χ4v) is 5.90. The number of thioether (sulfide) groups is 1. The first-order chi connectivity index (χ1) is 10.1. The van der Waals surface area contributed by atoms with E-state index in [0.717, 1.165) is 17.1 Å². The summed E-state index contributed by atoms with van der Waals surface area (Å²) in [5.41, 5.74) is 9.87. The molecule has 118 valence electrons. The van der Waals surface area contributed by atoms with Crippen LogP contribution in [0.5, 0.6) is 0 Å². The van der Waals surface area contributed by atoms with Gasteiger partial charge in [-0.2, -0.15) is 11.8 Å². The van der Waals surface area contributed by atoms with E-state index in [1.54, 1.807) is 11.1 Å². The maximum atomic E-state index is 6.47. The first kappa shape index (κ1) is 15.7. The molecule has 0 heterocycles. The molecule has 5 atom stereocenters. The van der Waals surface area contributed by atoms with Crippen LogP contribution in [-0.2, 0) is 0 Å². The SMILES string of the molecule is CC1C=C[C@@H](CS[C@@H]2C[C@H](C)C(N)C3=C2CCCC3)CC1. The van der Waals surface area contributed by atoms with Crippen LogP contribution in [0.4, 0.5) is 0 Å². The van der Waals surface area contributed by atoms with Crippen LogP contribution < -0.4 is 5.73 Å². The molecule has 0 fully saturated rings. The van der Waals surface area contributed by atoms with Crippen molar-refractivity contribution in [1.82, 2.24) is 0 Å². The van der Waals surface area contributed by atoms with Gasteiger partial charge in [-0.15, -0.1) is 0 Å². The molecule has 2 N–H and O–H groups in total. The minimum atomic E-state index is 0.354. The third-order valence-corrected chi connectivity index (χ3v) is 7.26. The first-order valence-electron chi connectivity index (χ1n) is 8.92. The van der Waals surface area contributed by atoms with E-state index in [9.17, 15) is 0 Å². The molecule has 0 aromatic rings. The summed E-state index contributed by atoms with van der Waals surface area (Å²) < 4.78 is 0. The highest BCUT2D eigenvalue weighted by atomic mass is 32.2. The lowest BCUT2D eigenvalue weighted by atomic mass is 9.75. The fourth-order valence-electron chi connectivity index (χ4n) is 4.23. The van der Waals surface area contributed by atoms with Crippen LogP contribution >= 0.6 is 11.8 Å². The quantitative estimate of drug-likeness (QED) is 0.748. The van der Waals surface area contributed by atoms with Gasteiger partial charge in [-0.25, -0.2) is 0 Å². The third kappa shape index (κ3) is 3.59. The van der Waals surface area contributed by atoms with E-state index >= 15 is 0 Å². The van der Waals surface area contributed by atoms with Crippen LogP contribution in [0.3, 0.4) is 0 Å². The second-order valence-electron chi connectivity index (χ2n) is 7.52. The predicted octanol–water partition coefficient (Wildman–Crippen LogP) is 4.93. The maximum absolute atomic E-state index is 6.47. The molecular formula is C19H31NS. The number of hydrogen-bond acceptors (Lipinski definition) is 2. The fraction of sp³-hybridized carbons (Fsp3) is 0.789. The third-order valence-electron chi connectivity index (χ3n) is 5.76. The van der Waals surface area contributed by atoms with Crippen molar-refractivity contribution in [3.8, 4) is 0 Å². The largest absolute Gasteiger partial charge is 0.324 e. The van der Waals surface area contributed by atoms with Crippen LogP contribution in [0.15, 0.2) is 23.3 Å². The molecule has 0 amide bonds. The number of hydrogen-bond donors (Lipinski definition) is 1.